The fourth-order valence-electron chi connectivity index (χ4n) is 1.89. The van der Waals surface area contributed by atoms with Gasteiger partial charge >= 0.3 is 0 Å². The molecule has 0 aliphatic heterocycles. The van der Waals surface area contributed by atoms with Gasteiger partial charge in [0.25, 0.3) is 0 Å². The summed E-state index contributed by atoms with van der Waals surface area (Å²) >= 11 is 0. The molecule has 1 aromatic rings. The smallest absolute Gasteiger partial charge is 0.242 e. The quantitative estimate of drug-likeness (QED) is 0.632. The highest BCUT2D eigenvalue weighted by atomic mass is 32.2. The SMILES string of the molecule is COCCNCC(=O)NC(C)c1ccc(S(=O)(=O)N(C)C)cc1. The molecule has 0 heterocycles. The van der Waals surface area contributed by atoms with E-state index in [1.807, 2.05) is 6.92 Å². The average Bonchev–Trinajstić information content (AvgIpc) is 2.51. The highest BCUT2D eigenvalue weighted by Gasteiger charge is 2.17. The Morgan fingerprint density at radius 2 is 1.87 bits per heavy atom. The van der Waals surface area contributed by atoms with E-state index in [0.717, 1.165) is 5.56 Å². The number of hydrogen-bond acceptors (Lipinski definition) is 5. The Morgan fingerprint density at radius 3 is 2.39 bits per heavy atom. The summed E-state index contributed by atoms with van der Waals surface area (Å²) in [5.41, 5.74) is 0.841. The van der Waals surface area contributed by atoms with Gasteiger partial charge in [0.1, 0.15) is 0 Å². The van der Waals surface area contributed by atoms with Crippen LogP contribution in [0.4, 0.5) is 0 Å². The summed E-state index contributed by atoms with van der Waals surface area (Å²) in [6.45, 7) is 3.21. The molecule has 0 radical (unpaired) electrons. The van der Waals surface area contributed by atoms with Crippen LogP contribution in [0.2, 0.25) is 0 Å². The molecule has 0 bridgehead atoms. The van der Waals surface area contributed by atoms with Crippen LogP contribution in [0, 0.1) is 0 Å². The van der Waals surface area contributed by atoms with Gasteiger partial charge < -0.3 is 15.4 Å². The summed E-state index contributed by atoms with van der Waals surface area (Å²) in [6, 6.07) is 6.30. The van der Waals surface area contributed by atoms with E-state index in [1.54, 1.807) is 31.4 Å². The van der Waals surface area contributed by atoms with Crippen LogP contribution in [0.5, 0.6) is 0 Å². The van der Waals surface area contributed by atoms with Crippen molar-refractivity contribution in [3.05, 3.63) is 29.8 Å². The third kappa shape index (κ3) is 5.91. The minimum atomic E-state index is -3.44. The molecule has 0 aromatic heterocycles. The summed E-state index contributed by atoms with van der Waals surface area (Å²) in [5, 5.41) is 5.81. The van der Waals surface area contributed by atoms with Crippen molar-refractivity contribution in [1.82, 2.24) is 14.9 Å². The molecule has 0 aliphatic carbocycles. The molecule has 7 nitrogen and oxygen atoms in total. The summed E-state index contributed by atoms with van der Waals surface area (Å²) in [6.07, 6.45) is 0. The molecular weight excluding hydrogens is 318 g/mol. The van der Waals surface area contributed by atoms with Gasteiger partial charge in [-0.3, -0.25) is 4.79 Å². The van der Waals surface area contributed by atoms with E-state index in [0.29, 0.717) is 13.2 Å². The maximum atomic E-state index is 12.0. The lowest BCUT2D eigenvalue weighted by Gasteiger charge is -2.16. The first-order valence-corrected chi connectivity index (χ1v) is 8.74. The van der Waals surface area contributed by atoms with Gasteiger partial charge in [-0.15, -0.1) is 0 Å². The van der Waals surface area contributed by atoms with Crippen molar-refractivity contribution in [2.45, 2.75) is 17.9 Å². The maximum Gasteiger partial charge on any atom is 0.242 e. The number of nitrogens with zero attached hydrogens (tertiary/aromatic N) is 1. The molecule has 8 heteroatoms. The molecular formula is C15H25N3O4S. The Hall–Kier alpha value is -1.48. The van der Waals surface area contributed by atoms with Gasteiger partial charge in [-0.05, 0) is 24.6 Å². The number of nitrogens with one attached hydrogen (secondary N) is 2. The predicted molar refractivity (Wildman–Crippen MR) is 88.6 cm³/mol. The Labute approximate surface area is 138 Å². The van der Waals surface area contributed by atoms with Gasteiger partial charge in [0.15, 0.2) is 0 Å². The zero-order chi connectivity index (χ0) is 17.5. The van der Waals surface area contributed by atoms with Crippen molar-refractivity contribution >= 4 is 15.9 Å². The Balaban J connectivity index is 2.61. The van der Waals surface area contributed by atoms with Gasteiger partial charge in [-0.25, -0.2) is 12.7 Å². The highest BCUT2D eigenvalue weighted by Crippen LogP contribution is 2.18. The lowest BCUT2D eigenvalue weighted by molar-refractivity contribution is -0.120. The van der Waals surface area contributed by atoms with E-state index in [2.05, 4.69) is 10.6 Å². The van der Waals surface area contributed by atoms with Crippen LogP contribution in [0.3, 0.4) is 0 Å². The van der Waals surface area contributed by atoms with E-state index in [9.17, 15) is 13.2 Å². The van der Waals surface area contributed by atoms with Gasteiger partial charge in [-0.1, -0.05) is 12.1 Å². The van der Waals surface area contributed by atoms with E-state index in [1.165, 1.54) is 18.4 Å². The number of amides is 1. The molecule has 1 atom stereocenters. The summed E-state index contributed by atoms with van der Waals surface area (Å²) < 4.78 is 30.0. The first-order chi connectivity index (χ1) is 10.8. The molecule has 1 amide bonds. The topological polar surface area (TPSA) is 87.7 Å². The Morgan fingerprint density at radius 1 is 1.26 bits per heavy atom. The van der Waals surface area contributed by atoms with E-state index in [-0.39, 0.29) is 23.4 Å². The number of hydrogen-bond donors (Lipinski definition) is 2. The summed E-state index contributed by atoms with van der Waals surface area (Å²) in [5.74, 6) is -0.126. The number of carbonyl (C=O) groups excluding carboxylic acids is 1. The molecule has 130 valence electrons. The second-order valence-corrected chi connectivity index (χ2v) is 7.47. The number of carbonyl (C=O) groups is 1. The second kappa shape index (κ2) is 8.97. The minimum absolute atomic E-state index is 0.126. The average molecular weight is 343 g/mol. The lowest BCUT2D eigenvalue weighted by Crippen LogP contribution is -2.36. The van der Waals surface area contributed by atoms with Crippen LogP contribution in [-0.2, 0) is 19.6 Å². The van der Waals surface area contributed by atoms with Crippen LogP contribution in [0.1, 0.15) is 18.5 Å². The first-order valence-electron chi connectivity index (χ1n) is 7.30. The second-order valence-electron chi connectivity index (χ2n) is 5.32. The zero-order valence-electron chi connectivity index (χ0n) is 14.0. The molecule has 2 N–H and O–H groups in total. The Bertz CT molecular complexity index is 600. The van der Waals surface area contributed by atoms with E-state index < -0.39 is 10.0 Å². The minimum Gasteiger partial charge on any atom is -0.383 e. The molecule has 0 spiro atoms. The lowest BCUT2D eigenvalue weighted by atomic mass is 10.1. The zero-order valence-corrected chi connectivity index (χ0v) is 14.8. The molecule has 0 fully saturated rings. The van der Waals surface area contributed by atoms with E-state index in [4.69, 9.17) is 4.74 Å². The molecule has 0 saturated heterocycles. The van der Waals surface area contributed by atoms with Crippen molar-refractivity contribution < 1.29 is 17.9 Å². The van der Waals surface area contributed by atoms with Gasteiger partial charge in [-0.2, -0.15) is 0 Å². The van der Waals surface area contributed by atoms with Crippen LogP contribution < -0.4 is 10.6 Å². The summed E-state index contributed by atoms with van der Waals surface area (Å²) in [7, 11) is 1.14. The van der Waals surface area contributed by atoms with Crippen LogP contribution in [0.25, 0.3) is 0 Å². The molecule has 1 unspecified atom stereocenters. The van der Waals surface area contributed by atoms with Gasteiger partial charge in [0.05, 0.1) is 24.1 Å². The third-order valence-electron chi connectivity index (χ3n) is 3.30. The van der Waals surface area contributed by atoms with Crippen molar-refractivity contribution in [1.29, 1.82) is 0 Å². The Kier molecular flexibility index (Phi) is 7.63. The molecule has 0 aliphatic rings. The van der Waals surface area contributed by atoms with Crippen molar-refractivity contribution in [3.63, 3.8) is 0 Å². The van der Waals surface area contributed by atoms with Crippen LogP contribution >= 0.6 is 0 Å². The first kappa shape index (κ1) is 19.6. The summed E-state index contributed by atoms with van der Waals surface area (Å²) in [4.78, 5) is 12.0. The monoisotopic (exact) mass is 343 g/mol. The fraction of sp³-hybridized carbons (Fsp3) is 0.533. The molecule has 1 aromatic carbocycles. The van der Waals surface area contributed by atoms with Crippen LogP contribution in [-0.4, -0.2) is 59.5 Å². The maximum absolute atomic E-state index is 12.0. The number of rotatable bonds is 9. The van der Waals surface area contributed by atoms with E-state index >= 15 is 0 Å². The molecule has 1 rings (SSSR count). The number of ether oxygens (including phenoxy) is 1. The van der Waals surface area contributed by atoms with Gasteiger partial charge in [0.2, 0.25) is 15.9 Å². The molecule has 23 heavy (non-hydrogen) atoms. The van der Waals surface area contributed by atoms with Crippen LogP contribution in [0.15, 0.2) is 29.2 Å². The number of sulfonamides is 1. The number of methoxy groups -OCH3 is 1. The molecule has 0 saturated carbocycles. The van der Waals surface area contributed by atoms with Crippen molar-refractivity contribution in [3.8, 4) is 0 Å². The largest absolute Gasteiger partial charge is 0.383 e. The van der Waals surface area contributed by atoms with Crippen molar-refractivity contribution in [2.24, 2.45) is 0 Å². The van der Waals surface area contributed by atoms with Gasteiger partial charge in [0, 0.05) is 27.7 Å². The fourth-order valence-corrected chi connectivity index (χ4v) is 2.79. The highest BCUT2D eigenvalue weighted by molar-refractivity contribution is 7.89. The van der Waals surface area contributed by atoms with Crippen molar-refractivity contribution in [2.75, 3.05) is 40.9 Å². The number of benzene rings is 1. The normalized spacial score (nSPS) is 13.1. The standard InChI is InChI=1S/C15H25N3O4S/c1-12(17-15(19)11-16-9-10-22-4)13-5-7-14(8-6-13)23(20,21)18(2)3/h5-8,12,16H,9-11H2,1-4H3,(H,17,19). The predicted octanol–water partition coefficient (Wildman–Crippen LogP) is 0.350. The third-order valence-corrected chi connectivity index (χ3v) is 5.13.